The molecule has 0 nitrogen and oxygen atoms in total. The van der Waals surface area contributed by atoms with Gasteiger partial charge in [-0.15, -0.1) is 0 Å². The van der Waals surface area contributed by atoms with E-state index < -0.39 is 0 Å². The molecule has 0 saturated carbocycles. The fourth-order valence-corrected chi connectivity index (χ4v) is 2.46. The van der Waals surface area contributed by atoms with Crippen LogP contribution in [0.4, 0.5) is 0 Å². The van der Waals surface area contributed by atoms with Crippen molar-refractivity contribution in [1.29, 1.82) is 0 Å². The monoisotopic (exact) mass is 206 g/mol. The van der Waals surface area contributed by atoms with Gasteiger partial charge in [-0.25, -0.2) is 0 Å². The highest BCUT2D eigenvalue weighted by molar-refractivity contribution is 5.77. The predicted molar refractivity (Wildman–Crippen MR) is 69.4 cm³/mol. The van der Waals surface area contributed by atoms with Crippen molar-refractivity contribution < 1.29 is 0 Å². The van der Waals surface area contributed by atoms with Crippen molar-refractivity contribution in [3.63, 3.8) is 0 Å². The molecule has 0 spiro atoms. The highest BCUT2D eigenvalue weighted by atomic mass is 14.2. The third-order valence-corrected chi connectivity index (χ3v) is 3.18. The summed E-state index contributed by atoms with van der Waals surface area (Å²) >= 11 is 0. The number of hydrogen-bond donors (Lipinski definition) is 0. The van der Waals surface area contributed by atoms with Crippen molar-refractivity contribution in [2.75, 3.05) is 0 Å². The summed E-state index contributed by atoms with van der Waals surface area (Å²) in [4.78, 5) is 0. The Morgan fingerprint density at radius 2 is 1.75 bits per heavy atom. The lowest BCUT2D eigenvalue weighted by Crippen LogP contribution is -1.81. The van der Waals surface area contributed by atoms with Gasteiger partial charge in [0.2, 0.25) is 0 Å². The van der Waals surface area contributed by atoms with Crippen LogP contribution < -0.4 is 0 Å². The molecule has 1 aliphatic carbocycles. The zero-order valence-electron chi connectivity index (χ0n) is 9.40. The topological polar surface area (TPSA) is 0 Å². The largest absolute Gasteiger partial charge is 0.0871 e. The predicted octanol–water partition coefficient (Wildman–Crippen LogP) is 4.29. The highest BCUT2D eigenvalue weighted by Gasteiger charge is 2.16. The first-order valence-electron chi connectivity index (χ1n) is 5.72. The number of rotatable bonds is 1. The van der Waals surface area contributed by atoms with Gasteiger partial charge in [0, 0.05) is 0 Å². The maximum Gasteiger partial charge on any atom is -0.00132 e. The Morgan fingerprint density at radius 1 is 0.938 bits per heavy atom. The molecule has 0 heteroatoms. The second-order valence-electron chi connectivity index (χ2n) is 4.25. The number of fused-ring (bicyclic) bond motifs is 3. The van der Waals surface area contributed by atoms with Crippen LogP contribution in [0.15, 0.2) is 48.5 Å². The van der Waals surface area contributed by atoms with Gasteiger partial charge in [-0.05, 0) is 41.2 Å². The molecule has 0 amide bonds. The molecule has 0 atom stereocenters. The summed E-state index contributed by atoms with van der Waals surface area (Å²) < 4.78 is 0. The second kappa shape index (κ2) is 3.64. The van der Waals surface area contributed by atoms with E-state index in [-0.39, 0.29) is 0 Å². The molecule has 0 fully saturated rings. The third kappa shape index (κ3) is 1.38. The van der Waals surface area contributed by atoms with E-state index in [1.807, 2.05) is 0 Å². The van der Waals surface area contributed by atoms with Crippen LogP contribution in [0.1, 0.15) is 23.6 Å². The summed E-state index contributed by atoms with van der Waals surface area (Å²) in [7, 11) is 0. The van der Waals surface area contributed by atoms with Crippen LogP contribution in [0.2, 0.25) is 0 Å². The van der Waals surface area contributed by atoms with E-state index in [9.17, 15) is 0 Å². The fourth-order valence-electron chi connectivity index (χ4n) is 2.46. The molecule has 2 aromatic rings. The van der Waals surface area contributed by atoms with Gasteiger partial charge in [0.1, 0.15) is 0 Å². The zero-order chi connectivity index (χ0) is 11.0. The SMILES string of the molecule is CC=Cc1ccc2c(c1)Cc1ccccc1-2. The molecule has 0 bridgehead atoms. The average Bonchev–Trinajstić information content (AvgIpc) is 2.67. The van der Waals surface area contributed by atoms with Crippen LogP contribution >= 0.6 is 0 Å². The Balaban J connectivity index is 2.14. The molecule has 3 rings (SSSR count). The summed E-state index contributed by atoms with van der Waals surface area (Å²) in [5, 5.41) is 0. The molecule has 0 saturated heterocycles. The van der Waals surface area contributed by atoms with E-state index in [1.165, 1.54) is 27.8 Å². The van der Waals surface area contributed by atoms with E-state index in [0.717, 1.165) is 6.42 Å². The summed E-state index contributed by atoms with van der Waals surface area (Å²) in [6.07, 6.45) is 5.32. The Morgan fingerprint density at radius 3 is 2.62 bits per heavy atom. The van der Waals surface area contributed by atoms with Gasteiger partial charge in [-0.3, -0.25) is 0 Å². The summed E-state index contributed by atoms with van der Waals surface area (Å²) in [5.41, 5.74) is 7.02. The van der Waals surface area contributed by atoms with Crippen LogP contribution in [0.3, 0.4) is 0 Å². The van der Waals surface area contributed by atoms with Gasteiger partial charge in [-0.2, -0.15) is 0 Å². The van der Waals surface area contributed by atoms with Crippen LogP contribution in [-0.2, 0) is 6.42 Å². The van der Waals surface area contributed by atoms with Gasteiger partial charge in [0.25, 0.3) is 0 Å². The lowest BCUT2D eigenvalue weighted by Gasteiger charge is -2.01. The summed E-state index contributed by atoms with van der Waals surface area (Å²) in [5.74, 6) is 0. The summed E-state index contributed by atoms with van der Waals surface area (Å²) in [6.45, 7) is 2.06. The molecule has 0 unspecified atom stereocenters. The van der Waals surface area contributed by atoms with Crippen molar-refractivity contribution in [1.82, 2.24) is 0 Å². The fraction of sp³-hybridized carbons (Fsp3) is 0.125. The lowest BCUT2D eigenvalue weighted by atomic mass is 10.0. The molecule has 2 aromatic carbocycles. The molecular formula is C16H14. The third-order valence-electron chi connectivity index (χ3n) is 3.18. The summed E-state index contributed by atoms with van der Waals surface area (Å²) in [6, 6.07) is 15.4. The second-order valence-corrected chi connectivity index (χ2v) is 4.25. The van der Waals surface area contributed by atoms with Crippen molar-refractivity contribution in [3.8, 4) is 11.1 Å². The molecule has 78 valence electrons. The van der Waals surface area contributed by atoms with E-state index in [1.54, 1.807) is 0 Å². The minimum atomic E-state index is 1.08. The first-order chi connectivity index (χ1) is 7.88. The molecule has 0 radical (unpaired) electrons. The van der Waals surface area contributed by atoms with Crippen LogP contribution in [0.25, 0.3) is 17.2 Å². The Bertz CT molecular complexity index is 562. The molecule has 16 heavy (non-hydrogen) atoms. The number of benzene rings is 2. The van der Waals surface area contributed by atoms with Crippen molar-refractivity contribution in [3.05, 3.63) is 65.2 Å². The van der Waals surface area contributed by atoms with Crippen molar-refractivity contribution >= 4 is 6.08 Å². The Labute approximate surface area is 96.3 Å². The molecule has 0 aromatic heterocycles. The van der Waals surface area contributed by atoms with Gasteiger partial charge in [0.15, 0.2) is 0 Å². The van der Waals surface area contributed by atoms with Crippen molar-refractivity contribution in [2.45, 2.75) is 13.3 Å². The van der Waals surface area contributed by atoms with Gasteiger partial charge >= 0.3 is 0 Å². The molecular weight excluding hydrogens is 192 g/mol. The molecule has 1 aliphatic rings. The quantitative estimate of drug-likeness (QED) is 0.557. The first kappa shape index (κ1) is 9.41. The molecule has 0 heterocycles. The maximum absolute atomic E-state index is 2.30. The Hall–Kier alpha value is -1.82. The Kier molecular flexibility index (Phi) is 2.14. The van der Waals surface area contributed by atoms with E-state index in [0.29, 0.717) is 0 Å². The average molecular weight is 206 g/mol. The highest BCUT2D eigenvalue weighted by Crippen LogP contribution is 2.36. The van der Waals surface area contributed by atoms with Gasteiger partial charge in [-0.1, -0.05) is 54.6 Å². The first-order valence-corrected chi connectivity index (χ1v) is 5.72. The standard InChI is InChI=1S/C16H14/c1-2-5-12-8-9-16-14(10-12)11-13-6-3-4-7-15(13)16/h2-10H,11H2,1H3. The zero-order valence-corrected chi connectivity index (χ0v) is 9.40. The molecule has 0 N–H and O–H groups in total. The minimum Gasteiger partial charge on any atom is -0.0871 e. The van der Waals surface area contributed by atoms with E-state index in [4.69, 9.17) is 0 Å². The lowest BCUT2D eigenvalue weighted by molar-refractivity contribution is 1.26. The van der Waals surface area contributed by atoms with Crippen LogP contribution in [0.5, 0.6) is 0 Å². The number of hydrogen-bond acceptors (Lipinski definition) is 0. The maximum atomic E-state index is 2.30. The van der Waals surface area contributed by atoms with Crippen molar-refractivity contribution in [2.24, 2.45) is 0 Å². The molecule has 0 aliphatic heterocycles. The smallest absolute Gasteiger partial charge is 0.00132 e. The number of allylic oxidation sites excluding steroid dienone is 1. The van der Waals surface area contributed by atoms with Crippen LogP contribution in [-0.4, -0.2) is 0 Å². The van der Waals surface area contributed by atoms with Gasteiger partial charge in [0.05, 0.1) is 0 Å². The van der Waals surface area contributed by atoms with Crippen LogP contribution in [0, 0.1) is 0 Å². The normalized spacial score (nSPS) is 12.8. The van der Waals surface area contributed by atoms with E-state index >= 15 is 0 Å². The minimum absolute atomic E-state index is 1.08. The van der Waals surface area contributed by atoms with Gasteiger partial charge < -0.3 is 0 Å². The van der Waals surface area contributed by atoms with E-state index in [2.05, 4.69) is 61.5 Å².